The molecule has 0 saturated carbocycles. The normalized spacial score (nSPS) is 17.9. The van der Waals surface area contributed by atoms with Crippen LogP contribution < -0.4 is 10.5 Å². The first kappa shape index (κ1) is 18.9. The van der Waals surface area contributed by atoms with Gasteiger partial charge in [0.2, 0.25) is 5.91 Å². The Labute approximate surface area is 160 Å². The van der Waals surface area contributed by atoms with Crippen LogP contribution in [-0.4, -0.2) is 24.3 Å². The molecule has 1 amide bonds. The molecule has 4 heteroatoms. The van der Waals surface area contributed by atoms with Gasteiger partial charge in [-0.15, -0.1) is 0 Å². The molecular formula is C23H26N2O2. The number of primary amides is 1. The fourth-order valence-corrected chi connectivity index (χ4v) is 3.31. The number of aliphatic imine (C=N–C) groups is 1. The lowest BCUT2D eigenvalue weighted by atomic mass is 9.87. The van der Waals surface area contributed by atoms with E-state index in [1.165, 1.54) is 11.1 Å². The van der Waals surface area contributed by atoms with Crippen molar-refractivity contribution in [1.29, 1.82) is 0 Å². The van der Waals surface area contributed by atoms with Gasteiger partial charge in [-0.3, -0.25) is 9.79 Å². The number of ether oxygens (including phenoxy) is 1. The molecule has 1 aliphatic rings. The standard InChI is InChI=1S/C23H26N2O2/c24-22(26)13-15-23(14-5-16-25-23)18-20-9-11-21(12-10-20)27-17-4-8-19-6-2-1-3-7-19/h1-3,5-7,9-12,14,16H,4,8,13,15,17-18H2,(H2,24,26). The van der Waals surface area contributed by atoms with E-state index in [1.807, 2.05) is 24.3 Å². The highest BCUT2D eigenvalue weighted by Gasteiger charge is 2.28. The number of allylic oxidation sites excluding steroid dienone is 1. The van der Waals surface area contributed by atoms with Crippen molar-refractivity contribution in [3.05, 3.63) is 77.9 Å². The van der Waals surface area contributed by atoms with Crippen LogP contribution >= 0.6 is 0 Å². The molecule has 2 aromatic rings. The third kappa shape index (κ3) is 5.81. The molecule has 1 heterocycles. The monoisotopic (exact) mass is 362 g/mol. The van der Waals surface area contributed by atoms with Gasteiger partial charge >= 0.3 is 0 Å². The molecule has 0 fully saturated rings. The lowest BCUT2D eigenvalue weighted by molar-refractivity contribution is -0.118. The van der Waals surface area contributed by atoms with Gasteiger partial charge in [0.15, 0.2) is 0 Å². The van der Waals surface area contributed by atoms with Crippen LogP contribution in [0.4, 0.5) is 0 Å². The Balaban J connectivity index is 1.48. The van der Waals surface area contributed by atoms with Gasteiger partial charge in [0.1, 0.15) is 5.75 Å². The van der Waals surface area contributed by atoms with E-state index >= 15 is 0 Å². The number of nitrogens with zero attached hydrogens (tertiary/aromatic N) is 1. The molecule has 0 saturated heterocycles. The highest BCUT2D eigenvalue weighted by molar-refractivity contribution is 5.76. The lowest BCUT2D eigenvalue weighted by Gasteiger charge is -2.24. The predicted molar refractivity (Wildman–Crippen MR) is 109 cm³/mol. The van der Waals surface area contributed by atoms with Gasteiger partial charge in [-0.25, -0.2) is 0 Å². The number of carbonyl (C=O) groups excluding carboxylic acids is 1. The molecular weight excluding hydrogens is 336 g/mol. The highest BCUT2D eigenvalue weighted by atomic mass is 16.5. The van der Waals surface area contributed by atoms with Gasteiger partial charge in [-0.05, 0) is 48.6 Å². The van der Waals surface area contributed by atoms with Gasteiger partial charge in [-0.1, -0.05) is 48.5 Å². The van der Waals surface area contributed by atoms with Gasteiger partial charge in [0.25, 0.3) is 0 Å². The second-order valence-electron chi connectivity index (χ2n) is 6.97. The fourth-order valence-electron chi connectivity index (χ4n) is 3.31. The number of nitrogens with two attached hydrogens (primary N) is 1. The van der Waals surface area contributed by atoms with Crippen LogP contribution in [0.1, 0.15) is 30.4 Å². The average Bonchev–Trinajstić information content (AvgIpc) is 3.15. The number of aryl methyl sites for hydroxylation is 1. The summed E-state index contributed by atoms with van der Waals surface area (Å²) in [7, 11) is 0. The number of benzene rings is 2. The number of carbonyl (C=O) groups is 1. The third-order valence-corrected chi connectivity index (χ3v) is 4.78. The number of rotatable bonds is 10. The zero-order valence-electron chi connectivity index (χ0n) is 15.5. The van der Waals surface area contributed by atoms with Gasteiger partial charge in [0.05, 0.1) is 12.1 Å². The SMILES string of the molecule is NC(=O)CCC1(Cc2ccc(OCCCc3ccccc3)cc2)C=CC=N1. The summed E-state index contributed by atoms with van der Waals surface area (Å²) in [5.74, 6) is 0.590. The summed E-state index contributed by atoms with van der Waals surface area (Å²) in [5, 5.41) is 0. The minimum absolute atomic E-state index is 0.288. The van der Waals surface area contributed by atoms with Crippen molar-refractivity contribution in [3.8, 4) is 5.75 Å². The number of hydrogen-bond acceptors (Lipinski definition) is 3. The summed E-state index contributed by atoms with van der Waals surface area (Å²) in [6.45, 7) is 0.698. The Kier molecular flexibility index (Phi) is 6.42. The number of hydrogen-bond donors (Lipinski definition) is 1. The van der Waals surface area contributed by atoms with Gasteiger partial charge in [0, 0.05) is 19.1 Å². The molecule has 27 heavy (non-hydrogen) atoms. The maximum Gasteiger partial charge on any atom is 0.217 e. The maximum absolute atomic E-state index is 11.1. The molecule has 1 aliphatic heterocycles. The molecule has 2 aromatic carbocycles. The topological polar surface area (TPSA) is 64.7 Å². The average molecular weight is 362 g/mol. The zero-order chi connectivity index (χ0) is 19.0. The van der Waals surface area contributed by atoms with E-state index in [9.17, 15) is 4.79 Å². The molecule has 140 valence electrons. The summed E-state index contributed by atoms with van der Waals surface area (Å²) in [4.78, 5) is 15.7. The van der Waals surface area contributed by atoms with E-state index in [2.05, 4.69) is 47.5 Å². The Hall–Kier alpha value is -2.88. The molecule has 0 radical (unpaired) electrons. The zero-order valence-corrected chi connectivity index (χ0v) is 15.5. The van der Waals surface area contributed by atoms with Gasteiger partial charge in [-0.2, -0.15) is 0 Å². The Morgan fingerprint density at radius 1 is 1.04 bits per heavy atom. The van der Waals surface area contributed by atoms with Crippen molar-refractivity contribution >= 4 is 12.1 Å². The quantitative estimate of drug-likeness (QED) is 0.652. The summed E-state index contributed by atoms with van der Waals surface area (Å²) >= 11 is 0. The van der Waals surface area contributed by atoms with Crippen LogP contribution in [0.2, 0.25) is 0 Å². The molecule has 1 atom stereocenters. The van der Waals surface area contributed by atoms with Crippen molar-refractivity contribution in [2.24, 2.45) is 10.7 Å². The third-order valence-electron chi connectivity index (χ3n) is 4.78. The van der Waals surface area contributed by atoms with E-state index in [0.717, 1.165) is 25.0 Å². The van der Waals surface area contributed by atoms with E-state index in [0.29, 0.717) is 19.4 Å². The van der Waals surface area contributed by atoms with E-state index in [4.69, 9.17) is 10.5 Å². The molecule has 0 aromatic heterocycles. The molecule has 1 unspecified atom stereocenters. The van der Waals surface area contributed by atoms with Crippen molar-refractivity contribution in [3.63, 3.8) is 0 Å². The fraction of sp³-hybridized carbons (Fsp3) is 0.304. The Morgan fingerprint density at radius 3 is 2.48 bits per heavy atom. The van der Waals surface area contributed by atoms with Crippen LogP contribution in [0.25, 0.3) is 0 Å². The van der Waals surface area contributed by atoms with Crippen LogP contribution in [-0.2, 0) is 17.6 Å². The van der Waals surface area contributed by atoms with Crippen LogP contribution in [0, 0.1) is 0 Å². The summed E-state index contributed by atoms with van der Waals surface area (Å²) < 4.78 is 5.85. The minimum atomic E-state index is -0.354. The smallest absolute Gasteiger partial charge is 0.217 e. The molecule has 2 N–H and O–H groups in total. The van der Waals surface area contributed by atoms with Gasteiger partial charge < -0.3 is 10.5 Å². The summed E-state index contributed by atoms with van der Waals surface area (Å²) in [5.41, 5.74) is 7.45. The summed E-state index contributed by atoms with van der Waals surface area (Å²) in [6, 6.07) is 18.6. The van der Waals surface area contributed by atoms with Crippen molar-refractivity contribution in [2.75, 3.05) is 6.61 Å². The lowest BCUT2D eigenvalue weighted by Crippen LogP contribution is -2.27. The van der Waals surface area contributed by atoms with E-state index < -0.39 is 0 Å². The first-order valence-corrected chi connectivity index (χ1v) is 9.42. The minimum Gasteiger partial charge on any atom is -0.494 e. The first-order valence-electron chi connectivity index (χ1n) is 9.42. The van der Waals surface area contributed by atoms with Crippen molar-refractivity contribution < 1.29 is 9.53 Å². The Bertz CT molecular complexity index is 783. The van der Waals surface area contributed by atoms with Crippen LogP contribution in [0.3, 0.4) is 0 Å². The molecule has 3 rings (SSSR count). The van der Waals surface area contributed by atoms with E-state index in [-0.39, 0.29) is 11.4 Å². The van der Waals surface area contributed by atoms with Crippen LogP contribution in [0.15, 0.2) is 71.7 Å². The largest absolute Gasteiger partial charge is 0.494 e. The van der Waals surface area contributed by atoms with Crippen molar-refractivity contribution in [2.45, 2.75) is 37.6 Å². The second-order valence-corrected chi connectivity index (χ2v) is 6.97. The first-order chi connectivity index (χ1) is 13.2. The molecule has 0 bridgehead atoms. The Morgan fingerprint density at radius 2 is 1.81 bits per heavy atom. The maximum atomic E-state index is 11.1. The second kappa shape index (κ2) is 9.17. The highest BCUT2D eigenvalue weighted by Crippen LogP contribution is 2.28. The summed E-state index contributed by atoms with van der Waals surface area (Å²) in [6.07, 6.45) is 9.52. The van der Waals surface area contributed by atoms with Crippen molar-refractivity contribution in [1.82, 2.24) is 0 Å². The number of amides is 1. The van der Waals surface area contributed by atoms with Crippen LogP contribution in [0.5, 0.6) is 5.75 Å². The molecule has 0 aliphatic carbocycles. The van der Waals surface area contributed by atoms with E-state index in [1.54, 1.807) is 6.21 Å². The molecule has 0 spiro atoms. The molecule has 4 nitrogen and oxygen atoms in total. The predicted octanol–water partition coefficient (Wildman–Crippen LogP) is 3.89.